The molecule has 0 aromatic heterocycles. The maximum absolute atomic E-state index is 13.5. The highest BCUT2D eigenvalue weighted by Gasteiger charge is 2.03. The first-order valence-electron chi connectivity index (χ1n) is 6.39. The van der Waals surface area contributed by atoms with E-state index in [2.05, 4.69) is 11.2 Å². The first-order valence-corrected chi connectivity index (χ1v) is 6.39. The van der Waals surface area contributed by atoms with Crippen LogP contribution < -0.4 is 10.1 Å². The van der Waals surface area contributed by atoms with E-state index in [1.165, 1.54) is 6.07 Å². The zero-order valence-corrected chi connectivity index (χ0v) is 11.1. The lowest BCUT2D eigenvalue weighted by Crippen LogP contribution is -2.14. The first kappa shape index (κ1) is 14.1. The Bertz CT molecular complexity index is 604. The molecule has 0 amide bonds. The standard InChI is InChI=1S/C17H16FNO/c1-2-11-20-17-10-6-4-8-15(17)13-19-12-14-7-3-5-9-16(14)18/h1,3-10,19H,11-13H2. The van der Waals surface area contributed by atoms with Gasteiger partial charge in [0.2, 0.25) is 0 Å². The van der Waals surface area contributed by atoms with E-state index < -0.39 is 0 Å². The van der Waals surface area contributed by atoms with Gasteiger partial charge in [-0.15, -0.1) is 6.42 Å². The minimum Gasteiger partial charge on any atom is -0.481 e. The third kappa shape index (κ3) is 3.84. The van der Waals surface area contributed by atoms with Gasteiger partial charge in [0.05, 0.1) is 0 Å². The summed E-state index contributed by atoms with van der Waals surface area (Å²) in [5, 5.41) is 3.20. The van der Waals surface area contributed by atoms with Crippen LogP contribution in [-0.4, -0.2) is 6.61 Å². The Balaban J connectivity index is 1.94. The van der Waals surface area contributed by atoms with Crippen LogP contribution in [0.4, 0.5) is 4.39 Å². The van der Waals surface area contributed by atoms with Crippen molar-refractivity contribution in [3.63, 3.8) is 0 Å². The van der Waals surface area contributed by atoms with Crippen LogP contribution in [-0.2, 0) is 13.1 Å². The van der Waals surface area contributed by atoms with Crippen molar-refractivity contribution in [3.8, 4) is 18.1 Å². The lowest BCUT2D eigenvalue weighted by molar-refractivity contribution is 0.364. The van der Waals surface area contributed by atoms with E-state index in [1.807, 2.05) is 30.3 Å². The molecule has 1 N–H and O–H groups in total. The number of terminal acetylenes is 1. The third-order valence-electron chi connectivity index (χ3n) is 2.87. The number of halogens is 1. The molecule has 102 valence electrons. The van der Waals surface area contributed by atoms with Gasteiger partial charge in [0.1, 0.15) is 18.2 Å². The van der Waals surface area contributed by atoms with Gasteiger partial charge in [-0.25, -0.2) is 4.39 Å². The van der Waals surface area contributed by atoms with E-state index in [0.29, 0.717) is 18.7 Å². The summed E-state index contributed by atoms with van der Waals surface area (Å²) < 4.78 is 18.9. The quantitative estimate of drug-likeness (QED) is 0.813. The van der Waals surface area contributed by atoms with Crippen LogP contribution in [0.15, 0.2) is 48.5 Å². The molecule has 0 fully saturated rings. The molecule has 0 saturated heterocycles. The molecule has 2 aromatic rings. The van der Waals surface area contributed by atoms with Crippen LogP contribution in [0, 0.1) is 18.2 Å². The summed E-state index contributed by atoms with van der Waals surface area (Å²) >= 11 is 0. The minimum absolute atomic E-state index is 0.197. The second kappa shape index (κ2) is 7.32. The lowest BCUT2D eigenvalue weighted by Gasteiger charge is -2.11. The zero-order chi connectivity index (χ0) is 14.2. The van der Waals surface area contributed by atoms with Crippen molar-refractivity contribution in [2.24, 2.45) is 0 Å². The molecule has 0 atom stereocenters. The topological polar surface area (TPSA) is 21.3 Å². The summed E-state index contributed by atoms with van der Waals surface area (Å²) in [7, 11) is 0. The summed E-state index contributed by atoms with van der Waals surface area (Å²) in [6.45, 7) is 1.30. The fourth-order valence-electron chi connectivity index (χ4n) is 1.88. The first-order chi connectivity index (χ1) is 9.81. The average Bonchev–Trinajstić information content (AvgIpc) is 2.48. The number of benzene rings is 2. The highest BCUT2D eigenvalue weighted by Crippen LogP contribution is 2.17. The predicted octanol–water partition coefficient (Wildman–Crippen LogP) is 3.13. The third-order valence-corrected chi connectivity index (χ3v) is 2.87. The van der Waals surface area contributed by atoms with Gasteiger partial charge < -0.3 is 10.1 Å². The number of hydrogen-bond acceptors (Lipinski definition) is 2. The van der Waals surface area contributed by atoms with Crippen LogP contribution >= 0.6 is 0 Å². The molecule has 0 saturated carbocycles. The Morgan fingerprint density at radius 1 is 1.00 bits per heavy atom. The Kier molecular flexibility index (Phi) is 5.16. The molecule has 2 aromatic carbocycles. The molecule has 20 heavy (non-hydrogen) atoms. The van der Waals surface area contributed by atoms with Crippen LogP contribution in [0.25, 0.3) is 0 Å². The fraction of sp³-hybridized carbons (Fsp3) is 0.176. The number of ether oxygens (including phenoxy) is 1. The fourth-order valence-corrected chi connectivity index (χ4v) is 1.88. The molecular formula is C17H16FNO. The predicted molar refractivity (Wildman–Crippen MR) is 77.7 cm³/mol. The second-order valence-corrected chi connectivity index (χ2v) is 4.30. The maximum atomic E-state index is 13.5. The Morgan fingerprint density at radius 2 is 1.65 bits per heavy atom. The van der Waals surface area contributed by atoms with Gasteiger partial charge >= 0.3 is 0 Å². The normalized spacial score (nSPS) is 10.0. The SMILES string of the molecule is C#CCOc1ccccc1CNCc1ccccc1F. The Morgan fingerprint density at radius 3 is 2.40 bits per heavy atom. The van der Waals surface area contributed by atoms with E-state index in [-0.39, 0.29) is 12.4 Å². The molecular weight excluding hydrogens is 253 g/mol. The smallest absolute Gasteiger partial charge is 0.148 e. The second-order valence-electron chi connectivity index (χ2n) is 4.30. The van der Waals surface area contributed by atoms with Gasteiger partial charge in [-0.2, -0.15) is 0 Å². The van der Waals surface area contributed by atoms with Crippen molar-refractivity contribution in [3.05, 3.63) is 65.5 Å². The summed E-state index contributed by atoms with van der Waals surface area (Å²) in [4.78, 5) is 0. The molecule has 3 heteroatoms. The highest BCUT2D eigenvalue weighted by atomic mass is 19.1. The van der Waals surface area contributed by atoms with Gasteiger partial charge in [-0.1, -0.05) is 42.3 Å². The Hall–Kier alpha value is -2.31. The molecule has 0 heterocycles. The molecule has 0 aliphatic carbocycles. The molecule has 2 rings (SSSR count). The summed E-state index contributed by atoms with van der Waals surface area (Å²) in [5.41, 5.74) is 1.65. The Labute approximate surface area is 118 Å². The van der Waals surface area contributed by atoms with Crippen molar-refractivity contribution >= 4 is 0 Å². The van der Waals surface area contributed by atoms with Gasteiger partial charge in [0.25, 0.3) is 0 Å². The van der Waals surface area contributed by atoms with Crippen molar-refractivity contribution in [2.75, 3.05) is 6.61 Å². The van der Waals surface area contributed by atoms with Gasteiger partial charge in [0.15, 0.2) is 0 Å². The lowest BCUT2D eigenvalue weighted by atomic mass is 10.2. The van der Waals surface area contributed by atoms with E-state index >= 15 is 0 Å². The number of nitrogens with one attached hydrogen (secondary N) is 1. The summed E-state index contributed by atoms with van der Waals surface area (Å²) in [6, 6.07) is 14.4. The van der Waals surface area contributed by atoms with Crippen LogP contribution in [0.2, 0.25) is 0 Å². The maximum Gasteiger partial charge on any atom is 0.148 e. The number of para-hydroxylation sites is 1. The number of hydrogen-bond donors (Lipinski definition) is 1. The molecule has 0 bridgehead atoms. The highest BCUT2D eigenvalue weighted by molar-refractivity contribution is 5.33. The van der Waals surface area contributed by atoms with Crippen molar-refractivity contribution in [2.45, 2.75) is 13.1 Å². The van der Waals surface area contributed by atoms with E-state index in [4.69, 9.17) is 11.2 Å². The van der Waals surface area contributed by atoms with E-state index in [0.717, 1.165) is 11.3 Å². The van der Waals surface area contributed by atoms with Gasteiger partial charge in [0, 0.05) is 24.2 Å². The average molecular weight is 269 g/mol. The summed E-state index contributed by atoms with van der Waals surface area (Å²) in [5.74, 6) is 3.00. The molecule has 2 nitrogen and oxygen atoms in total. The largest absolute Gasteiger partial charge is 0.481 e. The molecule has 0 aliphatic rings. The van der Waals surface area contributed by atoms with Crippen molar-refractivity contribution in [1.29, 1.82) is 0 Å². The minimum atomic E-state index is -0.197. The summed E-state index contributed by atoms with van der Waals surface area (Å²) in [6.07, 6.45) is 5.19. The van der Waals surface area contributed by atoms with Gasteiger partial charge in [-0.3, -0.25) is 0 Å². The molecule has 0 unspecified atom stereocenters. The van der Waals surface area contributed by atoms with Crippen molar-refractivity contribution in [1.82, 2.24) is 5.32 Å². The molecule has 0 aliphatic heterocycles. The zero-order valence-electron chi connectivity index (χ0n) is 11.1. The molecule has 0 spiro atoms. The number of rotatable bonds is 6. The van der Waals surface area contributed by atoms with Crippen LogP contribution in [0.1, 0.15) is 11.1 Å². The molecule has 0 radical (unpaired) electrons. The van der Waals surface area contributed by atoms with E-state index in [9.17, 15) is 4.39 Å². The van der Waals surface area contributed by atoms with E-state index in [1.54, 1.807) is 12.1 Å². The van der Waals surface area contributed by atoms with Gasteiger partial charge in [-0.05, 0) is 12.1 Å². The monoisotopic (exact) mass is 269 g/mol. The van der Waals surface area contributed by atoms with Crippen molar-refractivity contribution < 1.29 is 9.13 Å². The van der Waals surface area contributed by atoms with Crippen LogP contribution in [0.3, 0.4) is 0 Å². The van der Waals surface area contributed by atoms with Crippen LogP contribution in [0.5, 0.6) is 5.75 Å².